The molecule has 4 rings (SSSR count). The normalized spacial score (nSPS) is 13.7. The third kappa shape index (κ3) is 3.82. The summed E-state index contributed by atoms with van der Waals surface area (Å²) in [7, 11) is 1.57. The van der Waals surface area contributed by atoms with E-state index in [-0.39, 0.29) is 18.4 Å². The molecule has 0 atom stereocenters. The lowest BCUT2D eigenvalue weighted by Crippen LogP contribution is -2.34. The number of carbonyl (C=O) groups excluding carboxylic acids is 2. The van der Waals surface area contributed by atoms with Crippen molar-refractivity contribution in [3.63, 3.8) is 0 Å². The number of hydrogen-bond donors (Lipinski definition) is 0. The zero-order valence-electron chi connectivity index (χ0n) is 17.6. The molecule has 3 aromatic rings. The number of ether oxygens (including phenoxy) is 1. The summed E-state index contributed by atoms with van der Waals surface area (Å²) in [4.78, 5) is 30.5. The Labute approximate surface area is 182 Å². The molecule has 0 bridgehead atoms. The smallest absolute Gasteiger partial charge is 0.278 e. The molecule has 0 fully saturated rings. The van der Waals surface area contributed by atoms with E-state index in [4.69, 9.17) is 4.74 Å². The summed E-state index contributed by atoms with van der Waals surface area (Å²) in [5, 5.41) is 0. The number of likely N-dealkylation sites (N-methyl/N-ethyl adjacent to an activating group) is 1. The second-order valence-electron chi connectivity index (χ2n) is 7.19. The van der Waals surface area contributed by atoms with Gasteiger partial charge in [0, 0.05) is 17.8 Å². The van der Waals surface area contributed by atoms with Crippen molar-refractivity contribution in [3.05, 3.63) is 102 Å². The Kier molecular flexibility index (Phi) is 5.85. The van der Waals surface area contributed by atoms with Gasteiger partial charge in [-0.05, 0) is 30.7 Å². The minimum absolute atomic E-state index is 0.215. The van der Waals surface area contributed by atoms with Crippen molar-refractivity contribution in [1.29, 1.82) is 0 Å². The molecule has 0 saturated carbocycles. The Hall–Kier alpha value is -3.86. The average Bonchev–Trinajstić information content (AvgIpc) is 3.06. The molecule has 0 radical (unpaired) electrons. The Morgan fingerprint density at radius 2 is 1.42 bits per heavy atom. The summed E-state index contributed by atoms with van der Waals surface area (Å²) in [5.74, 6) is -0.0648. The van der Waals surface area contributed by atoms with Crippen LogP contribution in [0.1, 0.15) is 18.1 Å². The molecule has 0 spiro atoms. The largest absolute Gasteiger partial charge is 0.496 e. The van der Waals surface area contributed by atoms with Crippen molar-refractivity contribution >= 4 is 23.1 Å². The molecule has 0 saturated heterocycles. The fraction of sp³-hybridized carbons (Fsp3) is 0.154. The van der Waals surface area contributed by atoms with Crippen molar-refractivity contribution in [2.45, 2.75) is 13.5 Å². The van der Waals surface area contributed by atoms with Crippen molar-refractivity contribution in [1.82, 2.24) is 4.90 Å². The highest BCUT2D eigenvalue weighted by atomic mass is 16.5. The predicted octanol–water partition coefficient (Wildman–Crippen LogP) is 4.50. The van der Waals surface area contributed by atoms with Crippen molar-refractivity contribution in [2.75, 3.05) is 18.6 Å². The van der Waals surface area contributed by atoms with E-state index in [9.17, 15) is 9.59 Å². The van der Waals surface area contributed by atoms with Gasteiger partial charge in [0.2, 0.25) is 0 Å². The first-order valence-corrected chi connectivity index (χ1v) is 10.3. The molecule has 1 heterocycles. The Morgan fingerprint density at radius 3 is 2.06 bits per heavy atom. The number of benzene rings is 3. The van der Waals surface area contributed by atoms with Gasteiger partial charge in [-0.15, -0.1) is 0 Å². The molecule has 1 aliphatic rings. The third-order valence-electron chi connectivity index (χ3n) is 5.36. The Balaban J connectivity index is 1.87. The number of imide groups is 1. The lowest BCUT2D eigenvalue weighted by Gasteiger charge is -2.25. The standard InChI is InChI=1S/C26H24N2O3/c1-3-27(20-14-8-5-9-15-20)24-23(21-16-10-11-17-22(21)31-2)25(29)28(26(24)30)18-19-12-6-4-7-13-19/h4-17H,3,18H2,1-2H3. The molecule has 5 heteroatoms. The van der Waals surface area contributed by atoms with Crippen LogP contribution in [-0.4, -0.2) is 30.4 Å². The fourth-order valence-electron chi connectivity index (χ4n) is 3.89. The molecule has 2 amide bonds. The molecule has 156 valence electrons. The minimum Gasteiger partial charge on any atom is -0.496 e. The van der Waals surface area contributed by atoms with Crippen molar-refractivity contribution < 1.29 is 14.3 Å². The van der Waals surface area contributed by atoms with Crippen LogP contribution in [0.3, 0.4) is 0 Å². The molecule has 0 N–H and O–H groups in total. The van der Waals surface area contributed by atoms with Gasteiger partial charge in [0.25, 0.3) is 11.8 Å². The SMILES string of the molecule is CCN(C1=C(c2ccccc2OC)C(=O)N(Cc2ccccc2)C1=O)c1ccccc1. The van der Waals surface area contributed by atoms with Gasteiger partial charge in [-0.2, -0.15) is 0 Å². The number of amides is 2. The van der Waals surface area contributed by atoms with Crippen LogP contribution in [-0.2, 0) is 16.1 Å². The molecule has 0 aromatic heterocycles. The maximum atomic E-state index is 13.6. The molecule has 3 aromatic carbocycles. The van der Waals surface area contributed by atoms with Gasteiger partial charge in [0.05, 0.1) is 19.2 Å². The molecule has 1 aliphatic heterocycles. The molecule has 0 unspecified atom stereocenters. The number of hydrogen-bond acceptors (Lipinski definition) is 4. The van der Waals surface area contributed by atoms with E-state index in [0.29, 0.717) is 29.1 Å². The summed E-state index contributed by atoms with van der Waals surface area (Å²) >= 11 is 0. The van der Waals surface area contributed by atoms with Crippen molar-refractivity contribution in [2.24, 2.45) is 0 Å². The molecular weight excluding hydrogens is 388 g/mol. The average molecular weight is 412 g/mol. The van der Waals surface area contributed by atoms with Crippen LogP contribution in [0, 0.1) is 0 Å². The maximum absolute atomic E-state index is 13.6. The van der Waals surface area contributed by atoms with E-state index in [1.54, 1.807) is 13.2 Å². The van der Waals surface area contributed by atoms with Crippen LogP contribution in [0.5, 0.6) is 5.75 Å². The Bertz CT molecular complexity index is 1120. The lowest BCUT2D eigenvalue weighted by atomic mass is 10.0. The van der Waals surface area contributed by atoms with Crippen LogP contribution in [0.4, 0.5) is 5.69 Å². The minimum atomic E-state index is -0.317. The number of para-hydroxylation sites is 2. The first kappa shape index (κ1) is 20.4. The molecule has 0 aliphatic carbocycles. The topological polar surface area (TPSA) is 49.9 Å². The predicted molar refractivity (Wildman–Crippen MR) is 121 cm³/mol. The highest BCUT2D eigenvalue weighted by Crippen LogP contribution is 2.38. The maximum Gasteiger partial charge on any atom is 0.278 e. The first-order valence-electron chi connectivity index (χ1n) is 10.3. The summed E-state index contributed by atoms with van der Waals surface area (Å²) in [6.45, 7) is 2.72. The van der Waals surface area contributed by atoms with E-state index in [1.807, 2.05) is 90.7 Å². The van der Waals surface area contributed by atoms with Gasteiger partial charge in [-0.25, -0.2) is 0 Å². The van der Waals surface area contributed by atoms with Gasteiger partial charge in [-0.1, -0.05) is 66.7 Å². The van der Waals surface area contributed by atoms with Crippen molar-refractivity contribution in [3.8, 4) is 5.75 Å². The summed E-state index contributed by atoms with van der Waals surface area (Å²) in [6, 6.07) is 26.5. The van der Waals surface area contributed by atoms with Crippen LogP contribution in [0.2, 0.25) is 0 Å². The molecule has 31 heavy (non-hydrogen) atoms. The highest BCUT2D eigenvalue weighted by molar-refractivity contribution is 6.37. The van der Waals surface area contributed by atoms with Gasteiger partial charge in [0.1, 0.15) is 11.4 Å². The number of methoxy groups -OCH3 is 1. The zero-order valence-corrected chi connectivity index (χ0v) is 17.6. The third-order valence-corrected chi connectivity index (χ3v) is 5.36. The van der Waals surface area contributed by atoms with Gasteiger partial charge >= 0.3 is 0 Å². The fourth-order valence-corrected chi connectivity index (χ4v) is 3.89. The lowest BCUT2D eigenvalue weighted by molar-refractivity contribution is -0.137. The first-order chi connectivity index (χ1) is 15.2. The second-order valence-corrected chi connectivity index (χ2v) is 7.19. The number of nitrogens with zero attached hydrogens (tertiary/aromatic N) is 2. The van der Waals surface area contributed by atoms with Crippen LogP contribution in [0.15, 0.2) is 90.6 Å². The number of anilines is 1. The monoisotopic (exact) mass is 412 g/mol. The molecule has 5 nitrogen and oxygen atoms in total. The van der Waals surface area contributed by atoms with E-state index in [0.717, 1.165) is 11.3 Å². The van der Waals surface area contributed by atoms with Crippen LogP contribution < -0.4 is 9.64 Å². The van der Waals surface area contributed by atoms with Crippen LogP contribution >= 0.6 is 0 Å². The number of rotatable bonds is 7. The van der Waals surface area contributed by atoms with Gasteiger partial charge in [-0.3, -0.25) is 14.5 Å². The van der Waals surface area contributed by atoms with E-state index in [1.165, 1.54) is 4.90 Å². The summed E-state index contributed by atoms with van der Waals surface area (Å²) in [5.41, 5.74) is 3.11. The van der Waals surface area contributed by atoms with E-state index in [2.05, 4.69) is 0 Å². The summed E-state index contributed by atoms with van der Waals surface area (Å²) < 4.78 is 5.53. The van der Waals surface area contributed by atoms with E-state index >= 15 is 0 Å². The van der Waals surface area contributed by atoms with Gasteiger partial charge in [0.15, 0.2) is 0 Å². The second kappa shape index (κ2) is 8.88. The molecular formula is C26H24N2O3. The number of carbonyl (C=O) groups is 2. The summed E-state index contributed by atoms with van der Waals surface area (Å²) in [6.07, 6.45) is 0. The Morgan fingerprint density at radius 1 is 0.806 bits per heavy atom. The quantitative estimate of drug-likeness (QED) is 0.536. The zero-order chi connectivity index (χ0) is 21.8. The van der Waals surface area contributed by atoms with Crippen LogP contribution in [0.25, 0.3) is 5.57 Å². The van der Waals surface area contributed by atoms with E-state index < -0.39 is 0 Å². The van der Waals surface area contributed by atoms with Gasteiger partial charge < -0.3 is 9.64 Å². The highest BCUT2D eigenvalue weighted by Gasteiger charge is 2.42.